The minimum Gasteiger partial charge on any atom is -0.309 e. The molecular formula is C43H37N. The van der Waals surface area contributed by atoms with Crippen LogP contribution in [0.25, 0.3) is 33.4 Å². The fraction of sp³-hybridized carbons (Fsp3) is 0.163. The second kappa shape index (κ2) is 10.7. The van der Waals surface area contributed by atoms with E-state index in [1.54, 1.807) is 0 Å². The molecule has 0 fully saturated rings. The summed E-state index contributed by atoms with van der Waals surface area (Å²) in [6.45, 7) is 4.77. The van der Waals surface area contributed by atoms with E-state index in [2.05, 4.69) is 158 Å². The lowest BCUT2D eigenvalue weighted by Gasteiger charge is -2.32. The van der Waals surface area contributed by atoms with Crippen molar-refractivity contribution >= 4 is 17.1 Å². The number of nitrogens with zero attached hydrogens (tertiary/aromatic N) is 1. The van der Waals surface area contributed by atoms with Crippen molar-refractivity contribution in [1.82, 2.24) is 0 Å². The van der Waals surface area contributed by atoms with Crippen LogP contribution in [0.4, 0.5) is 17.1 Å². The van der Waals surface area contributed by atoms with Gasteiger partial charge in [-0.25, -0.2) is 0 Å². The van der Waals surface area contributed by atoms with Crippen molar-refractivity contribution in [2.24, 2.45) is 0 Å². The largest absolute Gasteiger partial charge is 0.309 e. The molecule has 0 spiro atoms. The van der Waals surface area contributed by atoms with Gasteiger partial charge < -0.3 is 4.90 Å². The number of benzene rings is 6. The van der Waals surface area contributed by atoms with Crippen LogP contribution in [-0.4, -0.2) is 0 Å². The highest BCUT2D eigenvalue weighted by Crippen LogP contribution is 2.54. The average molecular weight is 568 g/mol. The Hall–Kier alpha value is -4.88. The van der Waals surface area contributed by atoms with Gasteiger partial charge in [0.05, 0.1) is 11.4 Å². The van der Waals surface area contributed by atoms with Crippen molar-refractivity contribution in [3.63, 3.8) is 0 Å². The smallest absolute Gasteiger partial charge is 0.0543 e. The van der Waals surface area contributed by atoms with Crippen molar-refractivity contribution in [2.75, 3.05) is 4.90 Å². The fourth-order valence-corrected chi connectivity index (χ4v) is 7.69. The number of fused-ring (bicyclic) bond motifs is 4. The summed E-state index contributed by atoms with van der Waals surface area (Å²) in [6, 6.07) is 51.6. The Balaban J connectivity index is 1.47. The molecule has 0 aromatic heterocycles. The quantitative estimate of drug-likeness (QED) is 0.200. The number of hydrogen-bond donors (Lipinski definition) is 0. The molecule has 0 saturated heterocycles. The Bertz CT molecular complexity index is 1980. The summed E-state index contributed by atoms with van der Waals surface area (Å²) in [6.07, 6.45) is 4.82. The maximum Gasteiger partial charge on any atom is 0.0543 e. The van der Waals surface area contributed by atoms with E-state index in [9.17, 15) is 0 Å². The van der Waals surface area contributed by atoms with Crippen LogP contribution in [0, 0.1) is 0 Å². The topological polar surface area (TPSA) is 3.24 Å². The standard InChI is InChI=1S/C43H37N/c1-43(2)39-26-13-11-24-36(39)37-28-38(35-25-15-19-30-18-9-10-22-33(30)35)42(29-40(37)43)44(32-20-7-4-8-21-32)41-27-14-12-23-34(41)31-16-5-3-6-17-31/h3-8,11-17,19-21,23-29H,9-10,18,22H2,1-2H3. The molecule has 6 aromatic carbocycles. The van der Waals surface area contributed by atoms with Gasteiger partial charge in [0.25, 0.3) is 0 Å². The normalized spacial score (nSPS) is 14.4. The summed E-state index contributed by atoms with van der Waals surface area (Å²) in [4.78, 5) is 2.51. The molecule has 6 aromatic rings. The van der Waals surface area contributed by atoms with Gasteiger partial charge in [0, 0.05) is 22.2 Å². The van der Waals surface area contributed by atoms with Crippen molar-refractivity contribution in [2.45, 2.75) is 44.9 Å². The van der Waals surface area contributed by atoms with Gasteiger partial charge in [0.15, 0.2) is 0 Å². The van der Waals surface area contributed by atoms with E-state index < -0.39 is 0 Å². The van der Waals surface area contributed by atoms with Crippen LogP contribution in [0.3, 0.4) is 0 Å². The molecule has 0 unspecified atom stereocenters. The first kappa shape index (κ1) is 26.7. The molecular weight excluding hydrogens is 530 g/mol. The van der Waals surface area contributed by atoms with Crippen LogP contribution in [0.15, 0.2) is 140 Å². The van der Waals surface area contributed by atoms with Gasteiger partial charge in [0.2, 0.25) is 0 Å². The van der Waals surface area contributed by atoms with Gasteiger partial charge in [0.1, 0.15) is 0 Å². The second-order valence-corrected chi connectivity index (χ2v) is 12.8. The van der Waals surface area contributed by atoms with Gasteiger partial charge in [-0.2, -0.15) is 0 Å². The van der Waals surface area contributed by atoms with E-state index >= 15 is 0 Å². The predicted octanol–water partition coefficient (Wildman–Crippen LogP) is 11.7. The molecule has 0 heterocycles. The van der Waals surface area contributed by atoms with Crippen molar-refractivity contribution in [3.05, 3.63) is 162 Å². The number of aryl methyl sites for hydroxylation is 1. The Labute approximate surface area is 261 Å². The minimum atomic E-state index is -0.101. The molecule has 0 radical (unpaired) electrons. The van der Waals surface area contributed by atoms with Crippen LogP contribution in [-0.2, 0) is 18.3 Å². The third-order valence-electron chi connectivity index (χ3n) is 9.87. The van der Waals surface area contributed by atoms with E-state index in [1.165, 1.54) is 86.3 Å². The van der Waals surface area contributed by atoms with E-state index in [0.29, 0.717) is 0 Å². The Kier molecular flexibility index (Phi) is 6.49. The molecule has 0 saturated carbocycles. The Morgan fingerprint density at radius 1 is 0.477 bits per heavy atom. The molecule has 0 bridgehead atoms. The number of para-hydroxylation sites is 2. The molecule has 1 nitrogen and oxygen atoms in total. The fourth-order valence-electron chi connectivity index (χ4n) is 7.69. The first-order valence-corrected chi connectivity index (χ1v) is 16.0. The minimum absolute atomic E-state index is 0.101. The lowest BCUT2D eigenvalue weighted by Crippen LogP contribution is -2.18. The molecule has 1 heteroatoms. The number of anilines is 3. The summed E-state index contributed by atoms with van der Waals surface area (Å²) < 4.78 is 0. The third kappa shape index (κ3) is 4.30. The summed E-state index contributed by atoms with van der Waals surface area (Å²) in [5, 5.41) is 0. The zero-order valence-corrected chi connectivity index (χ0v) is 25.6. The van der Waals surface area contributed by atoms with E-state index in [-0.39, 0.29) is 5.41 Å². The van der Waals surface area contributed by atoms with E-state index in [1.807, 2.05) is 0 Å². The van der Waals surface area contributed by atoms with Crippen LogP contribution in [0.2, 0.25) is 0 Å². The van der Waals surface area contributed by atoms with Gasteiger partial charge in [-0.05, 0) is 101 Å². The van der Waals surface area contributed by atoms with E-state index in [4.69, 9.17) is 0 Å². The molecule has 214 valence electrons. The van der Waals surface area contributed by atoms with Crippen LogP contribution >= 0.6 is 0 Å². The molecule has 0 amide bonds. The highest BCUT2D eigenvalue weighted by Gasteiger charge is 2.37. The molecule has 44 heavy (non-hydrogen) atoms. The zero-order chi connectivity index (χ0) is 29.7. The predicted molar refractivity (Wildman–Crippen MR) is 186 cm³/mol. The lowest BCUT2D eigenvalue weighted by molar-refractivity contribution is 0.660. The van der Waals surface area contributed by atoms with Crippen LogP contribution < -0.4 is 4.90 Å². The Morgan fingerprint density at radius 3 is 1.95 bits per heavy atom. The molecule has 2 aliphatic rings. The maximum atomic E-state index is 2.52. The third-order valence-corrected chi connectivity index (χ3v) is 9.87. The molecule has 0 atom stereocenters. The van der Waals surface area contributed by atoms with E-state index in [0.717, 1.165) is 12.1 Å². The van der Waals surface area contributed by atoms with Crippen molar-refractivity contribution < 1.29 is 0 Å². The number of rotatable bonds is 5. The zero-order valence-electron chi connectivity index (χ0n) is 25.6. The van der Waals surface area contributed by atoms with Gasteiger partial charge in [-0.15, -0.1) is 0 Å². The summed E-state index contributed by atoms with van der Waals surface area (Å²) >= 11 is 0. The van der Waals surface area contributed by atoms with Gasteiger partial charge in [-0.1, -0.05) is 123 Å². The average Bonchev–Trinajstić information content (AvgIpc) is 3.31. The van der Waals surface area contributed by atoms with Crippen LogP contribution in [0.1, 0.15) is 48.9 Å². The van der Waals surface area contributed by atoms with Crippen molar-refractivity contribution in [3.8, 4) is 33.4 Å². The first-order chi connectivity index (χ1) is 21.6. The molecule has 0 aliphatic heterocycles. The lowest BCUT2D eigenvalue weighted by atomic mass is 9.80. The first-order valence-electron chi connectivity index (χ1n) is 16.0. The molecule has 0 N–H and O–H groups in total. The second-order valence-electron chi connectivity index (χ2n) is 12.8. The highest BCUT2D eigenvalue weighted by atomic mass is 15.1. The monoisotopic (exact) mass is 567 g/mol. The molecule has 2 aliphatic carbocycles. The SMILES string of the molecule is CC1(C)c2ccccc2-c2cc(-c3cccc4c3CCCC4)c(N(c3ccccc3)c3ccccc3-c3ccccc3)cc21. The number of hydrogen-bond acceptors (Lipinski definition) is 1. The summed E-state index contributed by atoms with van der Waals surface area (Å²) in [7, 11) is 0. The van der Waals surface area contributed by atoms with Crippen molar-refractivity contribution in [1.29, 1.82) is 0 Å². The maximum absolute atomic E-state index is 2.52. The summed E-state index contributed by atoms with van der Waals surface area (Å²) in [5.74, 6) is 0. The Morgan fingerprint density at radius 2 is 1.14 bits per heavy atom. The van der Waals surface area contributed by atoms with Gasteiger partial charge >= 0.3 is 0 Å². The summed E-state index contributed by atoms with van der Waals surface area (Å²) in [5.41, 5.74) is 17.2. The van der Waals surface area contributed by atoms with Crippen LogP contribution in [0.5, 0.6) is 0 Å². The van der Waals surface area contributed by atoms with Gasteiger partial charge in [-0.3, -0.25) is 0 Å². The molecule has 8 rings (SSSR count). The highest BCUT2D eigenvalue weighted by molar-refractivity contribution is 5.98.